The fourth-order valence-electron chi connectivity index (χ4n) is 2.09. The summed E-state index contributed by atoms with van der Waals surface area (Å²) in [6.07, 6.45) is 2.71. The molecule has 0 unspecified atom stereocenters. The zero-order chi connectivity index (χ0) is 15.3. The van der Waals surface area contributed by atoms with Crippen molar-refractivity contribution in [3.05, 3.63) is 54.2 Å². The average Bonchev–Trinajstić information content (AvgIpc) is 2.47. The molecule has 1 N–H and O–H groups in total. The molecule has 0 bridgehead atoms. The third-order valence-electron chi connectivity index (χ3n) is 3.04. The SMILES string of the molecule is CS(=O)(=O)c1cccnc1N(CCO)Cc1ccccc1. The fraction of sp³-hybridized carbons (Fsp3) is 0.267. The Morgan fingerprint density at radius 3 is 2.48 bits per heavy atom. The van der Waals surface area contributed by atoms with E-state index >= 15 is 0 Å². The van der Waals surface area contributed by atoms with E-state index in [9.17, 15) is 13.5 Å². The van der Waals surface area contributed by atoms with Crippen molar-refractivity contribution in [2.75, 3.05) is 24.3 Å². The lowest BCUT2D eigenvalue weighted by Crippen LogP contribution is -2.28. The highest BCUT2D eigenvalue weighted by atomic mass is 32.2. The highest BCUT2D eigenvalue weighted by Gasteiger charge is 2.19. The highest BCUT2D eigenvalue weighted by molar-refractivity contribution is 7.90. The zero-order valence-electron chi connectivity index (χ0n) is 11.8. The Balaban J connectivity index is 2.39. The Kier molecular flexibility index (Phi) is 4.93. The second-order valence-electron chi connectivity index (χ2n) is 4.73. The number of anilines is 1. The Morgan fingerprint density at radius 1 is 1.14 bits per heavy atom. The van der Waals surface area contributed by atoms with Crippen LogP contribution in [0.2, 0.25) is 0 Å². The second kappa shape index (κ2) is 6.69. The maximum atomic E-state index is 11.9. The van der Waals surface area contributed by atoms with Crippen molar-refractivity contribution in [3.8, 4) is 0 Å². The Morgan fingerprint density at radius 2 is 1.86 bits per heavy atom. The van der Waals surface area contributed by atoms with Gasteiger partial charge in [0.15, 0.2) is 9.84 Å². The van der Waals surface area contributed by atoms with Gasteiger partial charge in [-0.1, -0.05) is 30.3 Å². The van der Waals surface area contributed by atoms with Crippen molar-refractivity contribution in [2.45, 2.75) is 11.4 Å². The van der Waals surface area contributed by atoms with Gasteiger partial charge < -0.3 is 10.0 Å². The van der Waals surface area contributed by atoms with Crippen LogP contribution in [-0.4, -0.2) is 37.9 Å². The molecule has 0 spiro atoms. The van der Waals surface area contributed by atoms with Gasteiger partial charge in [0, 0.05) is 25.5 Å². The summed E-state index contributed by atoms with van der Waals surface area (Å²) >= 11 is 0. The first-order chi connectivity index (χ1) is 10.0. The number of hydrogen-bond donors (Lipinski definition) is 1. The predicted molar refractivity (Wildman–Crippen MR) is 81.9 cm³/mol. The first-order valence-electron chi connectivity index (χ1n) is 6.57. The Labute approximate surface area is 124 Å². The van der Waals surface area contributed by atoms with E-state index in [4.69, 9.17) is 0 Å². The molecule has 0 aliphatic heterocycles. The van der Waals surface area contributed by atoms with Crippen LogP contribution in [0.3, 0.4) is 0 Å². The molecule has 1 aromatic heterocycles. The molecule has 0 aliphatic rings. The number of pyridine rings is 1. The molecule has 0 radical (unpaired) electrons. The third-order valence-corrected chi connectivity index (χ3v) is 4.15. The quantitative estimate of drug-likeness (QED) is 0.875. The van der Waals surface area contributed by atoms with Gasteiger partial charge >= 0.3 is 0 Å². The topological polar surface area (TPSA) is 70.5 Å². The van der Waals surface area contributed by atoms with Crippen molar-refractivity contribution in [1.29, 1.82) is 0 Å². The number of hydrogen-bond acceptors (Lipinski definition) is 5. The molecule has 0 saturated heterocycles. The summed E-state index contributed by atoms with van der Waals surface area (Å²) in [5.74, 6) is 0.373. The lowest BCUT2D eigenvalue weighted by Gasteiger charge is -2.24. The molecule has 2 rings (SSSR count). The van der Waals surface area contributed by atoms with Gasteiger partial charge in [-0.3, -0.25) is 0 Å². The van der Waals surface area contributed by atoms with Crippen LogP contribution in [0.4, 0.5) is 5.82 Å². The summed E-state index contributed by atoms with van der Waals surface area (Å²) in [6, 6.07) is 12.8. The summed E-state index contributed by atoms with van der Waals surface area (Å²) in [6.45, 7) is 0.724. The standard InChI is InChI=1S/C15H18N2O3S/c1-21(19,20)14-8-5-9-16-15(14)17(10-11-18)12-13-6-3-2-4-7-13/h2-9,18H,10-12H2,1H3. The van der Waals surface area contributed by atoms with Crippen LogP contribution in [0, 0.1) is 0 Å². The van der Waals surface area contributed by atoms with Crippen molar-refractivity contribution in [1.82, 2.24) is 4.98 Å². The average molecular weight is 306 g/mol. The number of rotatable bonds is 6. The van der Waals surface area contributed by atoms with Crippen LogP contribution in [0.5, 0.6) is 0 Å². The lowest BCUT2D eigenvalue weighted by atomic mass is 10.2. The summed E-state index contributed by atoms with van der Waals surface area (Å²) in [7, 11) is -3.37. The van der Waals surface area contributed by atoms with Crippen LogP contribution >= 0.6 is 0 Å². The number of benzene rings is 1. The molecule has 0 amide bonds. The molecule has 6 heteroatoms. The van der Waals surface area contributed by atoms with Crippen LogP contribution in [0.25, 0.3) is 0 Å². The van der Waals surface area contributed by atoms with Gasteiger partial charge in [0.1, 0.15) is 10.7 Å². The maximum Gasteiger partial charge on any atom is 0.179 e. The molecule has 0 saturated carbocycles. The van der Waals surface area contributed by atoms with E-state index in [0.717, 1.165) is 11.8 Å². The highest BCUT2D eigenvalue weighted by Crippen LogP contribution is 2.23. The zero-order valence-corrected chi connectivity index (χ0v) is 12.6. The van der Waals surface area contributed by atoms with Crippen LogP contribution in [-0.2, 0) is 16.4 Å². The van der Waals surface area contributed by atoms with Crippen LogP contribution in [0.1, 0.15) is 5.56 Å². The summed E-state index contributed by atoms with van der Waals surface area (Å²) in [5.41, 5.74) is 1.02. The van der Waals surface area contributed by atoms with E-state index in [1.807, 2.05) is 30.3 Å². The smallest absolute Gasteiger partial charge is 0.179 e. The maximum absolute atomic E-state index is 11.9. The van der Waals surface area contributed by atoms with Gasteiger partial charge in [-0.05, 0) is 17.7 Å². The van der Waals surface area contributed by atoms with Crippen molar-refractivity contribution < 1.29 is 13.5 Å². The van der Waals surface area contributed by atoms with Gasteiger partial charge in [0.2, 0.25) is 0 Å². The first-order valence-corrected chi connectivity index (χ1v) is 8.46. The molecule has 2 aromatic rings. The normalized spacial score (nSPS) is 11.3. The number of aromatic nitrogens is 1. The van der Waals surface area contributed by atoms with E-state index in [-0.39, 0.29) is 11.5 Å². The monoisotopic (exact) mass is 306 g/mol. The Hall–Kier alpha value is -1.92. The predicted octanol–water partition coefficient (Wildman–Crippen LogP) is 1.48. The molecule has 0 atom stereocenters. The van der Waals surface area contributed by atoms with Gasteiger partial charge in [-0.2, -0.15) is 0 Å². The number of aliphatic hydroxyl groups excluding tert-OH is 1. The lowest BCUT2D eigenvalue weighted by molar-refractivity contribution is 0.301. The van der Waals surface area contributed by atoms with Crippen molar-refractivity contribution in [2.24, 2.45) is 0 Å². The first kappa shape index (κ1) is 15.5. The number of aliphatic hydroxyl groups is 1. The largest absolute Gasteiger partial charge is 0.395 e. The number of sulfone groups is 1. The molecule has 0 aliphatic carbocycles. The number of nitrogens with zero attached hydrogens (tertiary/aromatic N) is 2. The summed E-state index contributed by atoms with van der Waals surface area (Å²) < 4.78 is 23.8. The van der Waals surface area contributed by atoms with E-state index < -0.39 is 9.84 Å². The van der Waals surface area contributed by atoms with Gasteiger partial charge in [0.25, 0.3) is 0 Å². The van der Waals surface area contributed by atoms with Crippen molar-refractivity contribution in [3.63, 3.8) is 0 Å². The van der Waals surface area contributed by atoms with Crippen LogP contribution < -0.4 is 4.90 Å². The molecule has 1 aromatic carbocycles. The molecular weight excluding hydrogens is 288 g/mol. The van der Waals surface area contributed by atoms with Gasteiger partial charge in [-0.25, -0.2) is 13.4 Å². The van der Waals surface area contributed by atoms with E-state index in [1.54, 1.807) is 17.2 Å². The third kappa shape index (κ3) is 4.03. The second-order valence-corrected chi connectivity index (χ2v) is 6.71. The Bertz CT molecular complexity index is 687. The van der Waals surface area contributed by atoms with Gasteiger partial charge in [0.05, 0.1) is 6.61 Å². The van der Waals surface area contributed by atoms with Crippen LogP contribution in [0.15, 0.2) is 53.6 Å². The summed E-state index contributed by atoms with van der Waals surface area (Å²) in [4.78, 5) is 6.14. The van der Waals surface area contributed by atoms with Crippen molar-refractivity contribution >= 4 is 15.7 Å². The molecular formula is C15H18N2O3S. The van der Waals surface area contributed by atoms with E-state index in [2.05, 4.69) is 4.98 Å². The molecule has 0 fully saturated rings. The molecule has 21 heavy (non-hydrogen) atoms. The minimum atomic E-state index is -3.37. The summed E-state index contributed by atoms with van der Waals surface area (Å²) in [5, 5.41) is 9.25. The van der Waals surface area contributed by atoms with E-state index in [1.165, 1.54) is 6.07 Å². The minimum absolute atomic E-state index is 0.0768. The van der Waals surface area contributed by atoms with Gasteiger partial charge in [-0.15, -0.1) is 0 Å². The molecule has 5 nitrogen and oxygen atoms in total. The van der Waals surface area contributed by atoms with E-state index in [0.29, 0.717) is 18.9 Å². The fourth-order valence-corrected chi connectivity index (χ4v) is 2.93. The molecule has 1 heterocycles. The molecule has 112 valence electrons. The minimum Gasteiger partial charge on any atom is -0.395 e.